The molecule has 0 unspecified atom stereocenters. The lowest BCUT2D eigenvalue weighted by atomic mass is 9.71. The molecule has 160 valence electrons. The van der Waals surface area contributed by atoms with Gasteiger partial charge in [-0.1, -0.05) is 19.9 Å². The molecule has 1 aliphatic rings. The second-order valence-corrected chi connectivity index (χ2v) is 10.4. The maximum atomic E-state index is 13.6. The van der Waals surface area contributed by atoms with Gasteiger partial charge < -0.3 is 9.72 Å². The van der Waals surface area contributed by atoms with Crippen LogP contribution in [0.4, 0.5) is 0 Å². The van der Waals surface area contributed by atoms with Gasteiger partial charge in [0.25, 0.3) is 0 Å². The Hall–Kier alpha value is -3.15. The molecule has 1 aromatic heterocycles. The number of nitriles is 1. The number of nitrogens with one attached hydrogen (secondary N) is 1. The molecule has 1 N–H and O–H groups in total. The third kappa shape index (κ3) is 2.96. The summed E-state index contributed by atoms with van der Waals surface area (Å²) in [6.45, 7) is 6.03. The summed E-state index contributed by atoms with van der Waals surface area (Å²) in [5, 5.41) is 9.94. The zero-order valence-electron chi connectivity index (χ0n) is 18.0. The number of nitrogens with zero attached hydrogens (tertiary/aromatic N) is 2. The minimum Gasteiger partial charge on any atom is -0.492 e. The molecule has 7 nitrogen and oxygen atoms in total. The van der Waals surface area contributed by atoms with Crippen molar-refractivity contribution >= 4 is 26.7 Å². The average Bonchev–Trinajstić information content (AvgIpc) is 3.12. The van der Waals surface area contributed by atoms with E-state index in [1.165, 1.54) is 20.2 Å². The van der Waals surface area contributed by atoms with Crippen molar-refractivity contribution in [2.24, 2.45) is 0 Å². The normalized spacial score (nSPS) is 14.9. The van der Waals surface area contributed by atoms with Gasteiger partial charge in [-0.15, -0.1) is 0 Å². The van der Waals surface area contributed by atoms with E-state index in [1.807, 2.05) is 13.8 Å². The summed E-state index contributed by atoms with van der Waals surface area (Å²) in [4.78, 5) is 16.9. The molecule has 1 heterocycles. The highest BCUT2D eigenvalue weighted by Crippen LogP contribution is 2.46. The largest absolute Gasteiger partial charge is 0.492 e. The summed E-state index contributed by atoms with van der Waals surface area (Å²) < 4.78 is 32.7. The third-order valence-electron chi connectivity index (χ3n) is 5.84. The highest BCUT2D eigenvalue weighted by Gasteiger charge is 2.41. The SMILES string of the molecule is CCOc1cc2c(cc1S(=O)(=O)N(C)C)C(=O)c1c([nH]c3cc(C#N)ccc13)C2(C)C. The van der Waals surface area contributed by atoms with Gasteiger partial charge in [-0.2, -0.15) is 5.26 Å². The number of hydrogen-bond acceptors (Lipinski definition) is 5. The Bertz CT molecular complexity index is 1390. The molecular formula is C23H23N3O4S. The number of aromatic amines is 1. The predicted molar refractivity (Wildman–Crippen MR) is 117 cm³/mol. The van der Waals surface area contributed by atoms with Crippen molar-refractivity contribution in [3.8, 4) is 11.8 Å². The molecule has 0 saturated carbocycles. The zero-order chi connectivity index (χ0) is 22.7. The van der Waals surface area contributed by atoms with Crippen LogP contribution in [-0.4, -0.2) is 44.2 Å². The van der Waals surface area contributed by atoms with Crippen molar-refractivity contribution in [2.45, 2.75) is 31.1 Å². The third-order valence-corrected chi connectivity index (χ3v) is 7.68. The van der Waals surface area contributed by atoms with Crippen LogP contribution in [0.25, 0.3) is 10.9 Å². The van der Waals surface area contributed by atoms with E-state index in [1.54, 1.807) is 31.2 Å². The first-order valence-electron chi connectivity index (χ1n) is 9.88. The van der Waals surface area contributed by atoms with Gasteiger partial charge in [-0.3, -0.25) is 4.79 Å². The van der Waals surface area contributed by atoms with Gasteiger partial charge in [-0.25, -0.2) is 12.7 Å². The molecule has 8 heteroatoms. The minimum atomic E-state index is -3.83. The van der Waals surface area contributed by atoms with Crippen LogP contribution in [0.15, 0.2) is 35.2 Å². The van der Waals surface area contributed by atoms with Crippen LogP contribution in [0.5, 0.6) is 5.75 Å². The number of sulfonamides is 1. The molecule has 1 aliphatic carbocycles. The number of aromatic nitrogens is 1. The van der Waals surface area contributed by atoms with Crippen LogP contribution in [0.2, 0.25) is 0 Å². The van der Waals surface area contributed by atoms with Gasteiger partial charge in [0.05, 0.1) is 23.8 Å². The smallest absolute Gasteiger partial charge is 0.246 e. The standard InChI is InChI=1S/C23H23N3O4S/c1-6-30-18-11-16-15(10-19(18)31(28,29)26(4)5)21(27)20-14-8-7-13(12-24)9-17(14)25-22(20)23(16,2)3/h7-11,25H,6H2,1-5H3. The van der Waals surface area contributed by atoms with E-state index in [-0.39, 0.29) is 23.0 Å². The van der Waals surface area contributed by atoms with E-state index < -0.39 is 15.4 Å². The van der Waals surface area contributed by atoms with Crippen LogP contribution in [-0.2, 0) is 15.4 Å². The lowest BCUT2D eigenvalue weighted by molar-refractivity contribution is 0.103. The van der Waals surface area contributed by atoms with Gasteiger partial charge >= 0.3 is 0 Å². The van der Waals surface area contributed by atoms with E-state index in [4.69, 9.17) is 4.74 Å². The average molecular weight is 438 g/mol. The van der Waals surface area contributed by atoms with E-state index in [9.17, 15) is 18.5 Å². The van der Waals surface area contributed by atoms with Crippen molar-refractivity contribution < 1.29 is 17.9 Å². The quantitative estimate of drug-likeness (QED) is 0.672. The van der Waals surface area contributed by atoms with Crippen molar-refractivity contribution in [1.82, 2.24) is 9.29 Å². The van der Waals surface area contributed by atoms with Crippen molar-refractivity contribution in [2.75, 3.05) is 20.7 Å². The highest BCUT2D eigenvalue weighted by molar-refractivity contribution is 7.89. The molecule has 0 amide bonds. The van der Waals surface area contributed by atoms with Crippen LogP contribution in [0.3, 0.4) is 0 Å². The Morgan fingerprint density at radius 1 is 1.19 bits per heavy atom. The zero-order valence-corrected chi connectivity index (χ0v) is 18.8. The molecule has 3 aromatic rings. The van der Waals surface area contributed by atoms with Gasteiger partial charge in [0.15, 0.2) is 5.78 Å². The topological polar surface area (TPSA) is 103 Å². The monoisotopic (exact) mass is 437 g/mol. The van der Waals surface area contributed by atoms with Gasteiger partial charge in [0.1, 0.15) is 10.6 Å². The Morgan fingerprint density at radius 2 is 1.90 bits per heavy atom. The van der Waals surface area contributed by atoms with Crippen molar-refractivity contribution in [1.29, 1.82) is 5.26 Å². The second kappa shape index (κ2) is 6.94. The molecule has 0 radical (unpaired) electrons. The van der Waals surface area contributed by atoms with Crippen LogP contribution < -0.4 is 4.74 Å². The van der Waals surface area contributed by atoms with Crippen molar-refractivity contribution in [3.63, 3.8) is 0 Å². The second-order valence-electron chi connectivity index (χ2n) is 8.27. The van der Waals surface area contributed by atoms with Crippen LogP contribution in [0, 0.1) is 11.3 Å². The molecule has 2 aromatic carbocycles. The van der Waals surface area contributed by atoms with Crippen LogP contribution in [0.1, 0.15) is 53.5 Å². The molecule has 0 saturated heterocycles. The first-order chi connectivity index (χ1) is 14.5. The van der Waals surface area contributed by atoms with Crippen LogP contribution >= 0.6 is 0 Å². The maximum Gasteiger partial charge on any atom is 0.246 e. The number of benzene rings is 2. The molecular weight excluding hydrogens is 414 g/mol. The first-order valence-corrected chi connectivity index (χ1v) is 11.3. The lowest BCUT2D eigenvalue weighted by Gasteiger charge is -2.33. The number of carbonyl (C=O) groups excluding carboxylic acids is 1. The molecule has 31 heavy (non-hydrogen) atoms. The number of hydrogen-bond donors (Lipinski definition) is 1. The minimum absolute atomic E-state index is 0.0303. The summed E-state index contributed by atoms with van der Waals surface area (Å²) >= 11 is 0. The number of fused-ring (bicyclic) bond motifs is 4. The molecule has 0 bridgehead atoms. The summed E-state index contributed by atoms with van der Waals surface area (Å²) in [7, 11) is -0.937. The summed E-state index contributed by atoms with van der Waals surface area (Å²) in [5.41, 5.74) is 2.85. The van der Waals surface area contributed by atoms with Gasteiger partial charge in [-0.05, 0) is 36.8 Å². The molecule has 0 aliphatic heterocycles. The molecule has 0 spiro atoms. The molecule has 0 fully saturated rings. The van der Waals surface area contributed by atoms with Gasteiger partial charge in [0, 0.05) is 41.7 Å². The fourth-order valence-corrected chi connectivity index (χ4v) is 5.20. The highest BCUT2D eigenvalue weighted by atomic mass is 32.2. The number of rotatable bonds is 4. The maximum absolute atomic E-state index is 13.6. The molecule has 4 rings (SSSR count). The Morgan fingerprint density at radius 3 is 2.52 bits per heavy atom. The number of ether oxygens (including phenoxy) is 1. The number of carbonyl (C=O) groups is 1. The Labute approximate surface area is 181 Å². The Kier molecular flexibility index (Phi) is 4.72. The predicted octanol–water partition coefficient (Wildman–Crippen LogP) is 3.56. The summed E-state index contributed by atoms with van der Waals surface area (Å²) in [6.07, 6.45) is 0. The van der Waals surface area contributed by atoms with Gasteiger partial charge in [0.2, 0.25) is 10.0 Å². The summed E-state index contributed by atoms with van der Waals surface area (Å²) in [6, 6.07) is 10.4. The fourth-order valence-electron chi connectivity index (χ4n) is 4.17. The lowest BCUT2D eigenvalue weighted by Crippen LogP contribution is -2.31. The van der Waals surface area contributed by atoms with E-state index in [0.717, 1.165) is 10.00 Å². The number of H-pyrrole nitrogens is 1. The Balaban J connectivity index is 2.05. The number of ketones is 1. The van der Waals surface area contributed by atoms with Crippen molar-refractivity contribution in [3.05, 3.63) is 58.3 Å². The van der Waals surface area contributed by atoms with E-state index >= 15 is 0 Å². The fraction of sp³-hybridized carbons (Fsp3) is 0.304. The van der Waals surface area contributed by atoms with E-state index in [0.29, 0.717) is 33.2 Å². The summed E-state index contributed by atoms with van der Waals surface area (Å²) in [5.74, 6) is -0.0271. The van der Waals surface area contributed by atoms with E-state index in [2.05, 4.69) is 11.1 Å². The molecule has 0 atom stereocenters. The first kappa shape index (κ1) is 21.1.